The second kappa shape index (κ2) is 6.23. The lowest BCUT2D eigenvalue weighted by Gasteiger charge is -2.14. The maximum Gasteiger partial charge on any atom is 0.310 e. The van der Waals surface area contributed by atoms with Crippen molar-refractivity contribution in [2.24, 2.45) is 0 Å². The Bertz CT molecular complexity index is 388. The van der Waals surface area contributed by atoms with Crippen molar-refractivity contribution in [1.82, 2.24) is 0 Å². The molecule has 0 fully saturated rings. The molecule has 1 rings (SSSR count). The summed E-state index contributed by atoms with van der Waals surface area (Å²) in [6.45, 7) is 5.79. The minimum Gasteiger partial charge on any atom is -0.491 e. The van der Waals surface area contributed by atoms with Crippen LogP contribution in [0.5, 0.6) is 5.75 Å². The molecule has 1 aromatic rings. The maximum atomic E-state index is 13.1. The van der Waals surface area contributed by atoms with Crippen molar-refractivity contribution < 1.29 is 18.7 Å². The molecular weight excluding hydrogens is 223 g/mol. The second-order valence-corrected chi connectivity index (χ2v) is 3.90. The fourth-order valence-corrected chi connectivity index (χ4v) is 1.42. The minimum absolute atomic E-state index is 0.0215. The van der Waals surface area contributed by atoms with Crippen LogP contribution < -0.4 is 4.74 Å². The zero-order valence-electron chi connectivity index (χ0n) is 10.3. The third-order valence-corrected chi connectivity index (χ3v) is 2.03. The normalized spacial score (nSPS) is 10.4. The van der Waals surface area contributed by atoms with Gasteiger partial charge in [0.1, 0.15) is 11.6 Å². The molecule has 94 valence electrons. The highest BCUT2D eigenvalue weighted by Crippen LogP contribution is 2.21. The molecule has 0 spiro atoms. The van der Waals surface area contributed by atoms with Crippen molar-refractivity contribution in [2.75, 3.05) is 6.61 Å². The van der Waals surface area contributed by atoms with E-state index in [2.05, 4.69) is 0 Å². The monoisotopic (exact) mass is 240 g/mol. The quantitative estimate of drug-likeness (QED) is 0.742. The third-order valence-electron chi connectivity index (χ3n) is 2.03. The molecule has 0 aliphatic rings. The summed E-state index contributed by atoms with van der Waals surface area (Å²) >= 11 is 0. The van der Waals surface area contributed by atoms with E-state index in [-0.39, 0.29) is 24.3 Å². The third kappa shape index (κ3) is 4.43. The van der Waals surface area contributed by atoms with Gasteiger partial charge in [0.15, 0.2) is 0 Å². The molecular formula is C13H17FO3. The van der Waals surface area contributed by atoms with E-state index in [0.717, 1.165) is 0 Å². The lowest BCUT2D eigenvalue weighted by Crippen LogP contribution is -2.12. The van der Waals surface area contributed by atoms with Crippen molar-refractivity contribution in [3.8, 4) is 5.75 Å². The number of hydrogen-bond donors (Lipinski definition) is 0. The van der Waals surface area contributed by atoms with Crippen LogP contribution in [0.15, 0.2) is 18.2 Å². The van der Waals surface area contributed by atoms with Crippen molar-refractivity contribution in [3.05, 3.63) is 29.6 Å². The molecule has 0 saturated carbocycles. The van der Waals surface area contributed by atoms with Crippen molar-refractivity contribution in [3.63, 3.8) is 0 Å². The van der Waals surface area contributed by atoms with E-state index in [0.29, 0.717) is 17.9 Å². The Hall–Kier alpha value is -1.58. The molecule has 0 unspecified atom stereocenters. The first-order valence-electron chi connectivity index (χ1n) is 5.63. The van der Waals surface area contributed by atoms with Crippen LogP contribution in [0.4, 0.5) is 4.39 Å². The Morgan fingerprint density at radius 3 is 2.71 bits per heavy atom. The first-order chi connectivity index (χ1) is 8.02. The van der Waals surface area contributed by atoms with Crippen LogP contribution in [0, 0.1) is 5.82 Å². The van der Waals surface area contributed by atoms with Gasteiger partial charge in [-0.3, -0.25) is 4.79 Å². The van der Waals surface area contributed by atoms with Gasteiger partial charge in [-0.15, -0.1) is 0 Å². The molecule has 4 heteroatoms. The van der Waals surface area contributed by atoms with Gasteiger partial charge in [0.2, 0.25) is 0 Å². The maximum absolute atomic E-state index is 13.1. The Morgan fingerprint density at radius 1 is 1.41 bits per heavy atom. The molecule has 0 saturated heterocycles. The molecule has 1 aromatic carbocycles. The standard InChI is InChI=1S/C13H17FO3/c1-4-16-13(15)8-10-7-11(14)5-6-12(10)17-9(2)3/h5-7,9H,4,8H2,1-3H3. The number of rotatable bonds is 5. The predicted octanol–water partition coefficient (Wildman–Crippen LogP) is 2.72. The van der Waals surface area contributed by atoms with Gasteiger partial charge in [0.25, 0.3) is 0 Å². The number of esters is 1. The van der Waals surface area contributed by atoms with Crippen LogP contribution in [-0.4, -0.2) is 18.7 Å². The fourth-order valence-electron chi connectivity index (χ4n) is 1.42. The topological polar surface area (TPSA) is 35.5 Å². The molecule has 0 bridgehead atoms. The summed E-state index contributed by atoms with van der Waals surface area (Å²) in [5.41, 5.74) is 0.511. The van der Waals surface area contributed by atoms with Crippen LogP contribution in [-0.2, 0) is 16.0 Å². The average molecular weight is 240 g/mol. The lowest BCUT2D eigenvalue weighted by atomic mass is 10.1. The highest BCUT2D eigenvalue weighted by atomic mass is 19.1. The van der Waals surface area contributed by atoms with Gasteiger partial charge >= 0.3 is 5.97 Å². The first-order valence-corrected chi connectivity index (χ1v) is 5.63. The molecule has 0 aliphatic carbocycles. The zero-order valence-corrected chi connectivity index (χ0v) is 10.3. The second-order valence-electron chi connectivity index (χ2n) is 3.90. The van der Waals surface area contributed by atoms with Gasteiger partial charge < -0.3 is 9.47 Å². The Morgan fingerprint density at radius 2 is 2.12 bits per heavy atom. The van der Waals surface area contributed by atoms with E-state index in [1.165, 1.54) is 18.2 Å². The SMILES string of the molecule is CCOC(=O)Cc1cc(F)ccc1OC(C)C. The van der Waals surface area contributed by atoms with Crippen LogP contribution in [0.2, 0.25) is 0 Å². The van der Waals surface area contributed by atoms with Crippen LogP contribution in [0.1, 0.15) is 26.3 Å². The summed E-state index contributed by atoms with van der Waals surface area (Å²) in [6.07, 6.45) is -0.00499. The van der Waals surface area contributed by atoms with Gasteiger partial charge in [-0.05, 0) is 39.0 Å². The molecule has 0 N–H and O–H groups in total. The van der Waals surface area contributed by atoms with Gasteiger partial charge in [0, 0.05) is 5.56 Å². The molecule has 17 heavy (non-hydrogen) atoms. The molecule has 0 heterocycles. The van der Waals surface area contributed by atoms with E-state index in [1.807, 2.05) is 13.8 Å². The highest BCUT2D eigenvalue weighted by molar-refractivity contribution is 5.73. The summed E-state index contributed by atoms with van der Waals surface area (Å²) < 4.78 is 23.4. The van der Waals surface area contributed by atoms with E-state index < -0.39 is 0 Å². The number of hydrogen-bond acceptors (Lipinski definition) is 3. The number of benzene rings is 1. The van der Waals surface area contributed by atoms with Gasteiger partial charge in [-0.25, -0.2) is 4.39 Å². The van der Waals surface area contributed by atoms with E-state index in [1.54, 1.807) is 6.92 Å². The Kier molecular flexibility index (Phi) is 4.94. The van der Waals surface area contributed by atoms with Gasteiger partial charge in [-0.2, -0.15) is 0 Å². The smallest absolute Gasteiger partial charge is 0.310 e. The summed E-state index contributed by atoms with van der Waals surface area (Å²) in [7, 11) is 0. The first kappa shape index (κ1) is 13.5. The largest absolute Gasteiger partial charge is 0.491 e. The summed E-state index contributed by atoms with van der Waals surface area (Å²) in [5.74, 6) is -0.249. The molecule has 0 aromatic heterocycles. The summed E-state index contributed by atoms with van der Waals surface area (Å²) in [6, 6.07) is 4.14. The van der Waals surface area contributed by atoms with Crippen molar-refractivity contribution >= 4 is 5.97 Å². The minimum atomic E-state index is -0.389. The lowest BCUT2D eigenvalue weighted by molar-refractivity contribution is -0.142. The summed E-state index contributed by atoms with van der Waals surface area (Å²) in [4.78, 5) is 11.4. The van der Waals surface area contributed by atoms with Crippen molar-refractivity contribution in [1.29, 1.82) is 0 Å². The number of carbonyl (C=O) groups is 1. The van der Waals surface area contributed by atoms with Crippen molar-refractivity contribution in [2.45, 2.75) is 33.3 Å². The molecule has 3 nitrogen and oxygen atoms in total. The molecule has 0 atom stereocenters. The Labute approximate surface area is 101 Å². The average Bonchev–Trinajstić information content (AvgIpc) is 2.22. The number of carbonyl (C=O) groups excluding carboxylic acids is 1. The summed E-state index contributed by atoms with van der Waals surface area (Å²) in [5, 5.41) is 0. The van der Waals surface area contributed by atoms with E-state index >= 15 is 0 Å². The van der Waals surface area contributed by atoms with Crippen LogP contribution in [0.3, 0.4) is 0 Å². The van der Waals surface area contributed by atoms with Gasteiger partial charge in [0.05, 0.1) is 19.1 Å². The van der Waals surface area contributed by atoms with Gasteiger partial charge in [-0.1, -0.05) is 0 Å². The highest BCUT2D eigenvalue weighted by Gasteiger charge is 2.12. The predicted molar refractivity (Wildman–Crippen MR) is 62.5 cm³/mol. The molecule has 0 radical (unpaired) electrons. The fraction of sp³-hybridized carbons (Fsp3) is 0.462. The molecule has 0 aliphatic heterocycles. The Balaban J connectivity index is 2.86. The van der Waals surface area contributed by atoms with E-state index in [4.69, 9.17) is 9.47 Å². The zero-order chi connectivity index (χ0) is 12.8. The van der Waals surface area contributed by atoms with E-state index in [9.17, 15) is 9.18 Å². The van der Waals surface area contributed by atoms with Crippen LogP contribution >= 0.6 is 0 Å². The number of halogens is 1. The molecule has 0 amide bonds. The number of ether oxygens (including phenoxy) is 2. The van der Waals surface area contributed by atoms with Crippen LogP contribution in [0.25, 0.3) is 0 Å².